The Balaban J connectivity index is 1.08. The Hall–Kier alpha value is -4.54. The van der Waals surface area contributed by atoms with Gasteiger partial charge in [-0.2, -0.15) is 15.5 Å². The van der Waals surface area contributed by atoms with Crippen LogP contribution in [0.1, 0.15) is 54.6 Å². The summed E-state index contributed by atoms with van der Waals surface area (Å²) >= 11 is 0. The fourth-order valence-corrected chi connectivity index (χ4v) is 5.66. The third-order valence-electron chi connectivity index (χ3n) is 8.41. The number of halogens is 2. The fraction of sp³-hybridized carbons (Fsp3) is 0.394. The normalized spacial score (nSPS) is 16.5. The summed E-state index contributed by atoms with van der Waals surface area (Å²) in [5, 5.41) is 18.3. The molecule has 2 aromatic heterocycles. The summed E-state index contributed by atoms with van der Waals surface area (Å²) in [6, 6.07) is 17.3. The lowest BCUT2D eigenvalue weighted by Gasteiger charge is -2.32. The minimum Gasteiger partial charge on any atom is -0.474 e. The van der Waals surface area contributed by atoms with Gasteiger partial charge in [-0.15, -0.1) is 0 Å². The number of nitrogens with zero attached hydrogens (tertiary/aromatic N) is 6. The van der Waals surface area contributed by atoms with E-state index in [0.29, 0.717) is 13.0 Å². The number of ether oxygens (including phenoxy) is 2. The molecule has 0 N–H and O–H groups in total. The number of hydrogen-bond donors (Lipinski definition) is 0. The number of aromatic nitrogens is 3. The smallest absolute Gasteiger partial charge is 0.254 e. The Morgan fingerprint density at radius 2 is 1.81 bits per heavy atom. The molecular formula is C33H32F2N6O2. The van der Waals surface area contributed by atoms with Crippen molar-refractivity contribution < 1.29 is 18.3 Å². The van der Waals surface area contributed by atoms with Gasteiger partial charge < -0.3 is 14.0 Å². The zero-order valence-electron chi connectivity index (χ0n) is 24.0. The highest BCUT2D eigenvalue weighted by Gasteiger charge is 2.43. The van der Waals surface area contributed by atoms with Crippen molar-refractivity contribution in [1.29, 1.82) is 10.5 Å². The highest BCUT2D eigenvalue weighted by Crippen LogP contribution is 2.50. The Kier molecular flexibility index (Phi) is 7.96. The maximum Gasteiger partial charge on any atom is 0.254 e. The quantitative estimate of drug-likeness (QED) is 0.219. The molecule has 43 heavy (non-hydrogen) atoms. The molecule has 4 aromatic rings. The average molecular weight is 583 g/mol. The second kappa shape index (κ2) is 12.0. The van der Waals surface area contributed by atoms with Gasteiger partial charge in [0.15, 0.2) is 5.82 Å². The van der Waals surface area contributed by atoms with Crippen LogP contribution in [0.4, 0.5) is 8.78 Å². The van der Waals surface area contributed by atoms with Crippen LogP contribution < -0.4 is 9.47 Å². The largest absolute Gasteiger partial charge is 0.474 e. The maximum atomic E-state index is 14.4. The fourth-order valence-electron chi connectivity index (χ4n) is 5.66. The van der Waals surface area contributed by atoms with E-state index in [1.165, 1.54) is 29.8 Å². The second-order valence-electron chi connectivity index (χ2n) is 11.7. The maximum absolute atomic E-state index is 14.4. The highest BCUT2D eigenvalue weighted by molar-refractivity contribution is 5.77. The standard InChI is InChI=1S/C33H32F2N6O2/c1-22-2-6-28-29(16-22)41(21-33(10-11-33)12-13-36)30(38-28)19-40-14-8-25(9-15-40)43-31-7-5-26(34)32(39-31)42-20-24-4-3-23(18-37)17-27(24)35/h2-7,16-17,25H,8-12,14-15,19-21H2,1H3. The van der Waals surface area contributed by atoms with Crippen LogP contribution in [0.2, 0.25) is 0 Å². The van der Waals surface area contributed by atoms with Gasteiger partial charge in [-0.1, -0.05) is 12.1 Å². The molecule has 220 valence electrons. The average Bonchev–Trinajstić information content (AvgIpc) is 3.69. The molecule has 2 aromatic carbocycles. The molecule has 0 atom stereocenters. The molecule has 10 heteroatoms. The first kappa shape index (κ1) is 28.6. The zero-order chi connectivity index (χ0) is 30.0. The molecule has 3 heterocycles. The summed E-state index contributed by atoms with van der Waals surface area (Å²) < 4.78 is 42.5. The molecule has 2 fully saturated rings. The van der Waals surface area contributed by atoms with E-state index in [1.54, 1.807) is 0 Å². The summed E-state index contributed by atoms with van der Waals surface area (Å²) in [6.45, 7) is 4.99. The summed E-state index contributed by atoms with van der Waals surface area (Å²) in [6.07, 6.45) is 4.16. The summed E-state index contributed by atoms with van der Waals surface area (Å²) in [7, 11) is 0. The lowest BCUT2D eigenvalue weighted by Crippen LogP contribution is -2.38. The number of nitriles is 2. The molecule has 2 aliphatic rings. The van der Waals surface area contributed by atoms with Crippen molar-refractivity contribution >= 4 is 11.0 Å². The van der Waals surface area contributed by atoms with Gasteiger partial charge in [0, 0.05) is 43.1 Å². The van der Waals surface area contributed by atoms with Gasteiger partial charge in [-0.3, -0.25) is 4.90 Å². The highest BCUT2D eigenvalue weighted by atomic mass is 19.1. The lowest BCUT2D eigenvalue weighted by atomic mass is 10.0. The van der Waals surface area contributed by atoms with Crippen LogP contribution >= 0.6 is 0 Å². The van der Waals surface area contributed by atoms with Gasteiger partial charge in [0.05, 0.1) is 35.3 Å². The minimum atomic E-state index is -0.669. The van der Waals surface area contributed by atoms with E-state index in [0.717, 1.165) is 68.2 Å². The van der Waals surface area contributed by atoms with Crippen LogP contribution in [-0.4, -0.2) is 38.6 Å². The molecule has 6 rings (SSSR count). The molecule has 0 amide bonds. The van der Waals surface area contributed by atoms with Gasteiger partial charge in [0.2, 0.25) is 5.88 Å². The summed E-state index contributed by atoms with van der Waals surface area (Å²) in [5.41, 5.74) is 3.74. The monoisotopic (exact) mass is 582 g/mol. The van der Waals surface area contributed by atoms with E-state index in [-0.39, 0.29) is 41.0 Å². The molecule has 8 nitrogen and oxygen atoms in total. The first-order chi connectivity index (χ1) is 20.8. The zero-order valence-corrected chi connectivity index (χ0v) is 24.0. The molecule has 1 saturated carbocycles. The third kappa shape index (κ3) is 6.45. The number of benzene rings is 2. The minimum absolute atomic E-state index is 0.0582. The van der Waals surface area contributed by atoms with E-state index < -0.39 is 11.6 Å². The molecule has 1 aliphatic carbocycles. The van der Waals surface area contributed by atoms with Crippen molar-refractivity contribution in [3.05, 3.63) is 82.7 Å². The van der Waals surface area contributed by atoms with E-state index in [1.807, 2.05) is 6.07 Å². The number of aryl methyl sites for hydroxylation is 1. The SMILES string of the molecule is Cc1ccc2nc(CN3CCC(Oc4ccc(F)c(OCc5ccc(C#N)cc5F)n4)CC3)n(CC3(CC#N)CC3)c2c1. The third-order valence-corrected chi connectivity index (χ3v) is 8.41. The Morgan fingerprint density at radius 1 is 1.00 bits per heavy atom. The Bertz CT molecular complexity index is 1730. The van der Waals surface area contributed by atoms with Crippen molar-refractivity contribution in [2.75, 3.05) is 13.1 Å². The van der Waals surface area contributed by atoms with Gasteiger partial charge in [-0.25, -0.2) is 13.8 Å². The van der Waals surface area contributed by atoms with Crippen LogP contribution in [0.3, 0.4) is 0 Å². The van der Waals surface area contributed by atoms with Crippen molar-refractivity contribution in [2.45, 2.75) is 64.8 Å². The number of hydrogen-bond acceptors (Lipinski definition) is 7. The molecule has 1 saturated heterocycles. The van der Waals surface area contributed by atoms with Crippen LogP contribution in [-0.2, 0) is 19.7 Å². The van der Waals surface area contributed by atoms with Crippen LogP contribution in [0.5, 0.6) is 11.8 Å². The predicted molar refractivity (Wildman–Crippen MR) is 155 cm³/mol. The van der Waals surface area contributed by atoms with E-state index in [2.05, 4.69) is 45.6 Å². The molecular weight excluding hydrogens is 550 g/mol. The lowest BCUT2D eigenvalue weighted by molar-refractivity contribution is 0.0901. The van der Waals surface area contributed by atoms with Gasteiger partial charge in [0.1, 0.15) is 24.4 Å². The molecule has 1 aliphatic heterocycles. The van der Waals surface area contributed by atoms with E-state index >= 15 is 0 Å². The Labute approximate surface area is 249 Å². The van der Waals surface area contributed by atoms with Crippen LogP contribution in [0.25, 0.3) is 11.0 Å². The summed E-state index contributed by atoms with van der Waals surface area (Å²) in [5.74, 6) is -0.266. The number of piperidine rings is 1. The number of rotatable bonds is 10. The van der Waals surface area contributed by atoms with Crippen LogP contribution in [0.15, 0.2) is 48.5 Å². The molecule has 0 radical (unpaired) electrons. The number of imidazole rings is 1. The molecule has 0 bridgehead atoms. The first-order valence-corrected chi connectivity index (χ1v) is 14.5. The van der Waals surface area contributed by atoms with Crippen molar-refractivity contribution in [1.82, 2.24) is 19.4 Å². The molecule has 0 unspecified atom stereocenters. The van der Waals surface area contributed by atoms with Gasteiger partial charge >= 0.3 is 0 Å². The molecule has 0 spiro atoms. The van der Waals surface area contributed by atoms with Crippen LogP contribution in [0, 0.1) is 46.6 Å². The Morgan fingerprint density at radius 3 is 2.53 bits per heavy atom. The van der Waals surface area contributed by atoms with Crippen molar-refractivity contribution in [3.8, 4) is 23.9 Å². The topological polar surface area (TPSA) is 100.0 Å². The van der Waals surface area contributed by atoms with Crippen molar-refractivity contribution in [3.63, 3.8) is 0 Å². The van der Waals surface area contributed by atoms with Gasteiger partial charge in [0.25, 0.3) is 5.88 Å². The predicted octanol–water partition coefficient (Wildman–Crippen LogP) is 6.21. The number of fused-ring (bicyclic) bond motifs is 1. The summed E-state index contributed by atoms with van der Waals surface area (Å²) in [4.78, 5) is 11.5. The van der Waals surface area contributed by atoms with E-state index in [9.17, 15) is 14.0 Å². The number of likely N-dealkylation sites (tertiary alicyclic amines) is 1. The van der Waals surface area contributed by atoms with Crippen molar-refractivity contribution in [2.24, 2.45) is 5.41 Å². The first-order valence-electron chi connectivity index (χ1n) is 14.5. The number of pyridine rings is 1. The van der Waals surface area contributed by atoms with Gasteiger partial charge in [-0.05, 0) is 68.5 Å². The van der Waals surface area contributed by atoms with E-state index in [4.69, 9.17) is 19.7 Å². The second-order valence-corrected chi connectivity index (χ2v) is 11.7.